The molecular weight excluding hydrogens is 465 g/mol. The molecule has 5 rings (SSSR count). The molecule has 0 bridgehead atoms. The predicted molar refractivity (Wildman–Crippen MR) is 134 cm³/mol. The lowest BCUT2D eigenvalue weighted by molar-refractivity contribution is -0.147. The van der Waals surface area contributed by atoms with E-state index >= 15 is 0 Å². The van der Waals surface area contributed by atoms with Crippen LogP contribution in [0.4, 0.5) is 10.1 Å². The standard InChI is InChI=1S/C24H20FN5O4.C2H6/c1-3-34-23(31)24(13-8-9-19(33-2)16(25)10-13)15-11-26-22-21(15)20(18(12-27-32)29-30-22)14-6-4-5-7-17(14)28-24;1-2/h4-11,28H,3,12H2,1-2H3,(H,26,30);1-2H3. The second kappa shape index (κ2) is 10.1. The van der Waals surface area contributed by atoms with Crippen LogP contribution >= 0.6 is 0 Å². The van der Waals surface area contributed by atoms with Crippen molar-refractivity contribution in [1.29, 1.82) is 0 Å². The Morgan fingerprint density at radius 1 is 1.17 bits per heavy atom. The average molecular weight is 492 g/mol. The number of aromatic amines is 1. The molecule has 36 heavy (non-hydrogen) atoms. The summed E-state index contributed by atoms with van der Waals surface area (Å²) in [5.41, 5.74) is 1.77. The molecule has 0 radical (unpaired) electrons. The van der Waals surface area contributed by atoms with Crippen LogP contribution in [0.25, 0.3) is 22.2 Å². The highest BCUT2D eigenvalue weighted by molar-refractivity contribution is 6.07. The van der Waals surface area contributed by atoms with Crippen molar-refractivity contribution in [2.24, 2.45) is 5.18 Å². The number of esters is 1. The maximum atomic E-state index is 14.9. The Morgan fingerprint density at radius 3 is 2.64 bits per heavy atom. The maximum Gasteiger partial charge on any atom is 0.341 e. The van der Waals surface area contributed by atoms with Crippen molar-refractivity contribution in [1.82, 2.24) is 15.2 Å². The van der Waals surface area contributed by atoms with Crippen LogP contribution in [0, 0.1) is 10.7 Å². The number of benzene rings is 2. The number of fused-ring (bicyclic) bond motifs is 2. The number of nitroso groups, excluding NO2 is 1. The second-order valence-corrected chi connectivity index (χ2v) is 7.73. The number of H-pyrrole nitrogens is 1. The minimum absolute atomic E-state index is 0.0432. The zero-order valence-electron chi connectivity index (χ0n) is 20.4. The van der Waals surface area contributed by atoms with Crippen molar-refractivity contribution in [2.45, 2.75) is 32.9 Å². The van der Waals surface area contributed by atoms with Gasteiger partial charge in [0.05, 0.1) is 19.4 Å². The molecule has 0 spiro atoms. The van der Waals surface area contributed by atoms with Gasteiger partial charge in [-0.15, -0.1) is 5.10 Å². The SMILES string of the molecule is CC.CCOC(=O)C1(c2ccc(OC)c(F)c2)Nc2ccccc2-c2c(CN=O)nnc3[nH]cc1c23. The minimum Gasteiger partial charge on any atom is -0.494 e. The zero-order chi connectivity index (χ0) is 25.9. The van der Waals surface area contributed by atoms with Gasteiger partial charge in [0.25, 0.3) is 0 Å². The van der Waals surface area contributed by atoms with Gasteiger partial charge in [0.2, 0.25) is 0 Å². The molecule has 0 fully saturated rings. The molecule has 3 heterocycles. The van der Waals surface area contributed by atoms with E-state index in [1.165, 1.54) is 19.2 Å². The van der Waals surface area contributed by atoms with Crippen LogP contribution in [-0.2, 0) is 21.6 Å². The van der Waals surface area contributed by atoms with E-state index in [2.05, 4.69) is 25.7 Å². The summed E-state index contributed by atoms with van der Waals surface area (Å²) in [6.07, 6.45) is 1.62. The van der Waals surface area contributed by atoms with E-state index in [9.17, 15) is 14.1 Å². The molecule has 9 nitrogen and oxygen atoms in total. The number of carbonyl (C=O) groups excluding carboxylic acids is 1. The van der Waals surface area contributed by atoms with Gasteiger partial charge in [-0.1, -0.05) is 43.3 Å². The van der Waals surface area contributed by atoms with Gasteiger partial charge >= 0.3 is 5.97 Å². The largest absolute Gasteiger partial charge is 0.494 e. The third-order valence-electron chi connectivity index (χ3n) is 5.97. The van der Waals surface area contributed by atoms with Crippen LogP contribution in [0.3, 0.4) is 0 Å². The first-order valence-electron chi connectivity index (χ1n) is 11.6. The second-order valence-electron chi connectivity index (χ2n) is 7.73. The Bertz CT molecular complexity index is 1440. The number of carbonyl (C=O) groups is 1. The Morgan fingerprint density at radius 2 is 1.94 bits per heavy atom. The first-order chi connectivity index (χ1) is 17.5. The highest BCUT2D eigenvalue weighted by atomic mass is 19.1. The summed E-state index contributed by atoms with van der Waals surface area (Å²) in [6.45, 7) is 5.60. The number of rotatable bonds is 6. The van der Waals surface area contributed by atoms with Crippen LogP contribution in [0.2, 0.25) is 0 Å². The fourth-order valence-corrected chi connectivity index (χ4v) is 4.53. The average Bonchev–Trinajstić information content (AvgIpc) is 3.28. The number of nitrogens with zero attached hydrogens (tertiary/aromatic N) is 3. The number of hydrogen-bond donors (Lipinski definition) is 2. The van der Waals surface area contributed by atoms with E-state index in [-0.39, 0.29) is 18.9 Å². The number of anilines is 1. The Kier molecular flexibility index (Phi) is 6.96. The monoisotopic (exact) mass is 491 g/mol. The summed E-state index contributed by atoms with van der Waals surface area (Å²) in [6, 6.07) is 11.6. The molecule has 0 saturated carbocycles. The fraction of sp³-hybridized carbons (Fsp3) is 0.269. The number of nitrogens with one attached hydrogen (secondary N) is 2. The van der Waals surface area contributed by atoms with Crippen molar-refractivity contribution in [3.63, 3.8) is 0 Å². The molecule has 10 heteroatoms. The van der Waals surface area contributed by atoms with Gasteiger partial charge in [0.1, 0.15) is 6.54 Å². The van der Waals surface area contributed by atoms with Crippen molar-refractivity contribution >= 4 is 22.7 Å². The molecule has 0 saturated heterocycles. The van der Waals surface area contributed by atoms with Crippen molar-refractivity contribution < 1.29 is 18.7 Å². The van der Waals surface area contributed by atoms with Crippen molar-refractivity contribution in [3.05, 3.63) is 76.2 Å². The van der Waals surface area contributed by atoms with Crippen molar-refractivity contribution in [3.8, 4) is 16.9 Å². The third kappa shape index (κ3) is 3.74. The molecule has 1 aliphatic heterocycles. The highest BCUT2D eigenvalue weighted by Gasteiger charge is 2.48. The Balaban J connectivity index is 0.00000148. The number of halogens is 1. The smallest absolute Gasteiger partial charge is 0.341 e. The third-order valence-corrected chi connectivity index (χ3v) is 5.97. The quantitative estimate of drug-likeness (QED) is 0.278. The van der Waals surface area contributed by atoms with Gasteiger partial charge < -0.3 is 19.8 Å². The number of para-hydroxylation sites is 1. The molecule has 1 aliphatic rings. The lowest BCUT2D eigenvalue weighted by Gasteiger charge is -2.33. The molecule has 0 aliphatic carbocycles. The minimum atomic E-state index is -1.64. The van der Waals surface area contributed by atoms with E-state index in [1.807, 2.05) is 32.0 Å². The molecule has 0 amide bonds. The summed E-state index contributed by atoms with van der Waals surface area (Å²) in [5, 5.41) is 15.3. The summed E-state index contributed by atoms with van der Waals surface area (Å²) >= 11 is 0. The van der Waals surface area contributed by atoms with E-state index in [1.54, 1.807) is 25.3 Å². The number of hydrogen-bond acceptors (Lipinski definition) is 8. The molecule has 186 valence electrons. The van der Waals surface area contributed by atoms with Gasteiger partial charge in [-0.25, -0.2) is 9.18 Å². The van der Waals surface area contributed by atoms with Gasteiger partial charge in [0, 0.05) is 34.0 Å². The van der Waals surface area contributed by atoms with Gasteiger partial charge in [-0.05, 0) is 30.7 Å². The molecular formula is C26H26FN5O4. The summed E-state index contributed by atoms with van der Waals surface area (Å²) in [5.74, 6) is -1.22. The molecule has 2 aromatic carbocycles. The van der Waals surface area contributed by atoms with E-state index in [0.29, 0.717) is 44.7 Å². The number of methoxy groups -OCH3 is 1. The first kappa shape index (κ1) is 24.8. The van der Waals surface area contributed by atoms with E-state index in [4.69, 9.17) is 9.47 Å². The summed E-state index contributed by atoms with van der Waals surface area (Å²) < 4.78 is 25.5. The zero-order valence-corrected chi connectivity index (χ0v) is 20.4. The van der Waals surface area contributed by atoms with Gasteiger partial charge in [-0.3, -0.25) is 0 Å². The molecule has 1 atom stereocenters. The van der Waals surface area contributed by atoms with Crippen LogP contribution in [-0.4, -0.2) is 34.9 Å². The maximum absolute atomic E-state index is 14.9. The number of aromatic nitrogens is 3. The fourth-order valence-electron chi connectivity index (χ4n) is 4.53. The highest BCUT2D eigenvalue weighted by Crippen LogP contribution is 2.48. The van der Waals surface area contributed by atoms with E-state index < -0.39 is 17.3 Å². The topological polar surface area (TPSA) is 119 Å². The number of ether oxygens (including phenoxy) is 2. The lowest BCUT2D eigenvalue weighted by atomic mass is 9.82. The van der Waals surface area contributed by atoms with Crippen LogP contribution < -0.4 is 10.1 Å². The van der Waals surface area contributed by atoms with Gasteiger partial charge in [-0.2, -0.15) is 10.0 Å². The Labute approximate surface area is 207 Å². The van der Waals surface area contributed by atoms with Crippen molar-refractivity contribution in [2.75, 3.05) is 19.0 Å². The normalized spacial score (nSPS) is 15.6. The summed E-state index contributed by atoms with van der Waals surface area (Å²) in [7, 11) is 1.37. The molecule has 4 aromatic rings. The first-order valence-corrected chi connectivity index (χ1v) is 11.6. The Hall–Kier alpha value is -4.34. The van der Waals surface area contributed by atoms with Gasteiger partial charge in [0.15, 0.2) is 22.8 Å². The van der Waals surface area contributed by atoms with Crippen LogP contribution in [0.1, 0.15) is 37.6 Å². The molecule has 1 unspecified atom stereocenters. The van der Waals surface area contributed by atoms with Crippen LogP contribution in [0.5, 0.6) is 5.75 Å². The predicted octanol–water partition coefficient (Wildman–Crippen LogP) is 5.30. The summed E-state index contributed by atoms with van der Waals surface area (Å²) in [4.78, 5) is 28.0. The molecule has 2 aromatic heterocycles. The lowest BCUT2D eigenvalue weighted by Crippen LogP contribution is -2.45. The van der Waals surface area contributed by atoms with E-state index in [0.717, 1.165) is 0 Å². The molecule has 2 N–H and O–H groups in total. The van der Waals surface area contributed by atoms with Crippen LogP contribution in [0.15, 0.2) is 53.8 Å².